The molecule has 6 saturated carbocycles. The summed E-state index contributed by atoms with van der Waals surface area (Å²) in [5.41, 5.74) is -10.7. The van der Waals surface area contributed by atoms with Crippen molar-refractivity contribution in [2.45, 2.75) is 262 Å². The zero-order valence-electron chi connectivity index (χ0n) is 114. The predicted molar refractivity (Wildman–Crippen MR) is 465 cm³/mol. The van der Waals surface area contributed by atoms with Gasteiger partial charge in [0.15, 0.2) is 0 Å². The van der Waals surface area contributed by atoms with Crippen molar-refractivity contribution in [3.63, 3.8) is 0 Å². The fraction of sp³-hybridized carbons (Fsp3) is 0.625. The highest BCUT2D eigenvalue weighted by atomic mass is 16.3. The number of aromatic hydroxyl groups is 6. The van der Waals surface area contributed by atoms with E-state index in [9.17, 15) is 61.3 Å². The Labute approximate surface area is 753 Å². The molecule has 0 radical (unpaired) electrons. The highest BCUT2D eigenvalue weighted by Crippen LogP contribution is 2.47. The van der Waals surface area contributed by atoms with Crippen molar-refractivity contribution in [3.8, 4) is 34.5 Å². The van der Waals surface area contributed by atoms with E-state index in [4.69, 9.17) is 65.8 Å². The fourth-order valence-electron chi connectivity index (χ4n) is 16.1. The molecule has 0 saturated heterocycles. The second-order valence-electron chi connectivity index (χ2n) is 31.4. The van der Waals surface area contributed by atoms with Gasteiger partial charge in [0.05, 0.1) is 66.5 Å². The Kier molecular flexibility index (Phi) is 18.7. The zero-order chi connectivity index (χ0) is 125. The monoisotopic (exact) mass is 1630 g/mol. The van der Waals surface area contributed by atoms with Crippen LogP contribution in [0.15, 0.2) is 145 Å². The highest BCUT2D eigenvalue weighted by Gasteiger charge is 2.45. The van der Waals surface area contributed by atoms with Crippen LogP contribution in [0.3, 0.4) is 0 Å². The number of likely N-dealkylation sites (N-methyl/N-ethyl adjacent to an activating group) is 6. The summed E-state index contributed by atoms with van der Waals surface area (Å²) in [4.78, 5) is 4.62. The maximum Gasteiger partial charge on any atom is 0.115 e. The van der Waals surface area contributed by atoms with Gasteiger partial charge in [-0.3, -0.25) is 0 Å². The van der Waals surface area contributed by atoms with Crippen molar-refractivity contribution >= 4 is 0 Å². The summed E-state index contributed by atoms with van der Waals surface area (Å²) in [6.07, 6.45) is 16.2. The van der Waals surface area contributed by atoms with Gasteiger partial charge in [0.1, 0.15) is 34.5 Å². The normalized spacial score (nSPS) is 27.5. The Hall–Kier alpha value is -6.36. The number of phenolic OH excluding ortho intramolecular Hbond substituents is 6. The molecule has 6 unspecified atom stereocenters. The van der Waals surface area contributed by atoms with Crippen LogP contribution in [-0.4, -0.2) is 248 Å². The minimum atomic E-state index is -3.48. The van der Waals surface area contributed by atoms with Crippen LogP contribution in [-0.2, 0) is 0 Å². The van der Waals surface area contributed by atoms with Gasteiger partial charge < -0.3 is 90.7 Å². The largest absolute Gasteiger partial charge is 0.508 e. The first-order valence-corrected chi connectivity index (χ1v) is 39.1. The number of hydrogen-bond donors (Lipinski definition) is 12. The molecule has 636 valence electrons. The second kappa shape index (κ2) is 45.5. The smallest absolute Gasteiger partial charge is 0.115 e. The number of benzene rings is 6. The lowest BCUT2D eigenvalue weighted by Gasteiger charge is -2.40. The van der Waals surface area contributed by atoms with E-state index in [1.807, 2.05) is 19.0 Å². The van der Waals surface area contributed by atoms with E-state index in [1.165, 1.54) is 26.0 Å². The average molecular weight is 1630 g/mol. The van der Waals surface area contributed by atoms with Crippen molar-refractivity contribution in [2.75, 3.05) is 123 Å². The molecule has 12 N–H and O–H groups in total. The van der Waals surface area contributed by atoms with Crippen LogP contribution >= 0.6 is 0 Å². The third kappa shape index (κ3) is 29.6. The van der Waals surface area contributed by atoms with Gasteiger partial charge in [0, 0.05) is 108 Å². The van der Waals surface area contributed by atoms with Crippen LogP contribution in [0.25, 0.3) is 0 Å². The minimum absolute atomic E-state index is 0.0432. The van der Waals surface area contributed by atoms with Crippen LogP contribution in [0.5, 0.6) is 34.5 Å². The molecule has 6 aromatic carbocycles. The van der Waals surface area contributed by atoms with E-state index in [1.54, 1.807) is 0 Å². The molecule has 0 bridgehead atoms. The molecule has 6 aromatic rings. The van der Waals surface area contributed by atoms with E-state index in [0.29, 0.717) is 108 Å². The third-order valence-electron chi connectivity index (χ3n) is 21.9. The first-order valence-electron chi connectivity index (χ1n) is 63.1. The van der Waals surface area contributed by atoms with E-state index < -0.39 is 316 Å². The fourth-order valence-corrected chi connectivity index (χ4v) is 16.1. The number of hydrogen-bond acceptors (Lipinski definition) is 18. The Bertz CT molecular complexity index is 5910. The van der Waals surface area contributed by atoms with Crippen LogP contribution in [0.1, 0.15) is 327 Å². The molecule has 18 nitrogen and oxygen atoms in total. The maximum absolute atomic E-state index is 11.4. The lowest BCUT2D eigenvalue weighted by Crippen LogP contribution is -2.42. The summed E-state index contributed by atoms with van der Waals surface area (Å²) in [6, 6.07) is -14.8. The number of phenols is 6. The Morgan fingerprint density at radius 1 is 0.237 bits per heavy atom. The molecule has 6 aliphatic rings. The van der Waals surface area contributed by atoms with Gasteiger partial charge >= 0.3 is 0 Å². The minimum Gasteiger partial charge on any atom is -0.508 e. The highest BCUT2D eigenvalue weighted by molar-refractivity contribution is 5.36. The first kappa shape index (κ1) is 46.9. The van der Waals surface area contributed by atoms with E-state index in [-0.39, 0.29) is 89.2 Å². The Balaban J connectivity index is 0.000000262. The lowest BCUT2D eigenvalue weighted by atomic mass is 9.72. The van der Waals surface area contributed by atoms with E-state index in [2.05, 4.69) is 0 Å². The average Bonchev–Trinajstić information content (AvgIpc) is 0.714. The number of rotatable bonds is 24. The third-order valence-corrected chi connectivity index (χ3v) is 21.9. The molecular weight excluding hydrogens is 1430 g/mol. The van der Waals surface area contributed by atoms with Crippen molar-refractivity contribution in [1.29, 1.82) is 0 Å². The second-order valence-corrected chi connectivity index (χ2v) is 31.4. The van der Waals surface area contributed by atoms with Crippen LogP contribution in [0.2, 0.25) is 0 Å². The molecule has 12 rings (SSSR count). The topological polar surface area (TPSA) is 262 Å². The predicted octanol–water partition coefficient (Wildman–Crippen LogP) is 16.4. The molecule has 18 heteroatoms. The molecular formula is C96H150N6O12. The van der Waals surface area contributed by atoms with Gasteiger partial charge in [0.25, 0.3) is 0 Å². The molecule has 114 heavy (non-hydrogen) atoms. The standard InChI is InChI=1S/6C16H25NO2/c6*1-17(2)12-15(13-6-8-14(18)9-7-13)16(19)10-4-3-5-11-16/h6*6-9,15,18-19H,3-5,10-12H2,1-2H3/i1D3,2D3,6D,7D,8D,9D,12D2;1D3,6D,7D,8D,9D,12D2;1D3,2D3,6D,7D,8D,9D;6D,7D,8D,9D,12D2;1D3,6D,7D,8D,9D;6D,7D,8D,9D. The first-order chi connectivity index (χ1) is 73.7. The van der Waals surface area contributed by atoms with Crippen molar-refractivity contribution < 1.29 is 127 Å². The molecule has 6 atom stereocenters. The Morgan fingerprint density at radius 2 is 0.404 bits per heavy atom. The Morgan fingerprint density at radius 3 is 0.596 bits per heavy atom. The van der Waals surface area contributed by atoms with E-state index in [0.717, 1.165) is 69.7 Å². The zero-order valence-corrected chi connectivity index (χ0v) is 66.3. The van der Waals surface area contributed by atoms with Gasteiger partial charge in [-0.1, -0.05) is 188 Å². The number of nitrogens with zero attached hydrogens (tertiary/aromatic N) is 6. The molecule has 0 aromatic heterocycles. The summed E-state index contributed by atoms with van der Waals surface area (Å²) in [7, 11) is 9.14. The summed E-state index contributed by atoms with van der Waals surface area (Å²) >= 11 is 0. The van der Waals surface area contributed by atoms with Gasteiger partial charge in [0.2, 0.25) is 0 Å². The van der Waals surface area contributed by atoms with Gasteiger partial charge in [-0.15, -0.1) is 0 Å². The quantitative estimate of drug-likeness (QED) is 0.0269. The molecule has 0 aliphatic heterocycles. The maximum atomic E-state index is 11.4. The SMILES string of the molecule is [2H]c1c([2H])c(C(C2(O)CCCCC2)C([2H])([2H])N(C([2H])([2H])[2H])C([2H])([2H])[2H])c([2H])c([2H])c1O.[2H]c1c([2H])c(C(C2(O)CCCCC2)C([2H])([2H])N(C)C([2H])([2H])[2H])c([2H])c([2H])c1O.[2H]c1c([2H])c(C(C2(O)CCCCC2)C([2H])([2H])N(C)C)c([2H])c([2H])c1O.[2H]c1c([2H])c(C(CN(C([2H])([2H])[2H])C([2H])([2H])[2H])C2(O)CCCCC2)c([2H])c([2H])c1O.[2H]c1c([2H])c(C(CN(C)C([2H])([2H])[2H])C2(O)CCCCC2)c([2H])c([2H])c1O.[2H]c1c([2H])c(C(CN(C)C)C2(O)CCCCC2)c([2H])c([2H])c1O. The summed E-state index contributed by atoms with van der Waals surface area (Å²) in [5.74, 6) is -12.6. The van der Waals surface area contributed by atoms with Gasteiger partial charge in [-0.25, -0.2) is 0 Å². The van der Waals surface area contributed by atoms with Crippen LogP contribution < -0.4 is 0 Å². The van der Waals surface area contributed by atoms with E-state index >= 15 is 0 Å². The van der Waals surface area contributed by atoms with Crippen molar-refractivity contribution in [1.82, 2.24) is 29.4 Å². The molecule has 0 heterocycles. The molecule has 0 spiro atoms. The lowest BCUT2D eigenvalue weighted by molar-refractivity contribution is -0.0280. The van der Waals surface area contributed by atoms with Crippen LogP contribution in [0, 0.1) is 0 Å². The molecule has 6 fully saturated rings. The summed E-state index contributed by atoms with van der Waals surface area (Å²) in [5, 5.41) is 127. The molecule has 0 amide bonds. The molecule has 6 aliphatic carbocycles. The van der Waals surface area contributed by atoms with Crippen molar-refractivity contribution in [2.24, 2.45) is 0 Å². The summed E-state index contributed by atoms with van der Waals surface area (Å²) < 4.78 is 381. The summed E-state index contributed by atoms with van der Waals surface area (Å²) in [6.45, 7) is -26.9. The van der Waals surface area contributed by atoms with Gasteiger partial charge in [-0.2, -0.15) is 0 Å². The number of aliphatic hydroxyl groups is 6. The van der Waals surface area contributed by atoms with Crippen molar-refractivity contribution in [3.05, 3.63) is 178 Å². The van der Waals surface area contributed by atoms with Crippen LogP contribution in [0.4, 0.5) is 0 Å². The van der Waals surface area contributed by atoms with Gasteiger partial charge in [-0.05, 0) is 267 Å².